The lowest BCUT2D eigenvalue weighted by Gasteiger charge is -2.29. The molecule has 0 aromatic heterocycles. The molecule has 6 heteroatoms. The summed E-state index contributed by atoms with van der Waals surface area (Å²) in [5.41, 5.74) is 0.656. The Kier molecular flexibility index (Phi) is 6.39. The van der Waals surface area contributed by atoms with Gasteiger partial charge in [0.05, 0.1) is 13.7 Å². The van der Waals surface area contributed by atoms with E-state index < -0.39 is 17.5 Å². The van der Waals surface area contributed by atoms with Gasteiger partial charge >= 0.3 is 0 Å². The summed E-state index contributed by atoms with van der Waals surface area (Å²) in [5, 5.41) is 0. The van der Waals surface area contributed by atoms with Gasteiger partial charge in [0, 0.05) is 23.7 Å². The second-order valence-corrected chi connectivity index (χ2v) is 6.59. The number of methoxy groups -OCH3 is 1. The Balaban J connectivity index is 1.76. The summed E-state index contributed by atoms with van der Waals surface area (Å²) >= 11 is 0. The third-order valence-electron chi connectivity index (χ3n) is 4.76. The van der Waals surface area contributed by atoms with E-state index in [0.29, 0.717) is 13.2 Å². The van der Waals surface area contributed by atoms with Crippen molar-refractivity contribution in [3.8, 4) is 16.9 Å². The first-order chi connectivity index (χ1) is 13.0. The standard InChI is InChI=1S/C21H23F3O3/c1-3-10-26-19-9-5-14(12-27-19)13-4-6-15(17(22)11-13)16-7-8-18(25-2)21(24)20(16)23/h4,6-8,11,14,19H,3,5,9-10,12H2,1-2H3. The van der Waals surface area contributed by atoms with Gasteiger partial charge < -0.3 is 14.2 Å². The fourth-order valence-electron chi connectivity index (χ4n) is 3.27. The molecule has 2 unspecified atom stereocenters. The summed E-state index contributed by atoms with van der Waals surface area (Å²) < 4.78 is 58.8. The van der Waals surface area contributed by atoms with Gasteiger partial charge in [-0.2, -0.15) is 4.39 Å². The van der Waals surface area contributed by atoms with E-state index in [1.165, 1.54) is 31.4 Å². The molecule has 3 rings (SSSR count). The molecule has 0 aliphatic carbocycles. The number of benzene rings is 2. The molecular weight excluding hydrogens is 357 g/mol. The summed E-state index contributed by atoms with van der Waals surface area (Å²) in [5.74, 6) is -3.02. The lowest BCUT2D eigenvalue weighted by molar-refractivity contribution is -0.167. The summed E-state index contributed by atoms with van der Waals surface area (Å²) in [7, 11) is 1.25. The normalized spacial score (nSPS) is 19.9. The van der Waals surface area contributed by atoms with E-state index in [2.05, 4.69) is 0 Å². The molecule has 0 saturated carbocycles. The molecule has 3 nitrogen and oxygen atoms in total. The molecule has 0 radical (unpaired) electrons. The van der Waals surface area contributed by atoms with Gasteiger partial charge in [0.15, 0.2) is 17.9 Å². The van der Waals surface area contributed by atoms with Crippen molar-refractivity contribution in [2.24, 2.45) is 0 Å². The van der Waals surface area contributed by atoms with Crippen LogP contribution in [0, 0.1) is 17.5 Å². The third-order valence-corrected chi connectivity index (χ3v) is 4.76. The molecule has 2 atom stereocenters. The average molecular weight is 380 g/mol. The van der Waals surface area contributed by atoms with Crippen molar-refractivity contribution < 1.29 is 27.4 Å². The fraction of sp³-hybridized carbons (Fsp3) is 0.429. The molecule has 1 heterocycles. The van der Waals surface area contributed by atoms with Gasteiger partial charge in [0.1, 0.15) is 5.82 Å². The van der Waals surface area contributed by atoms with Crippen molar-refractivity contribution in [2.75, 3.05) is 20.3 Å². The van der Waals surface area contributed by atoms with E-state index in [4.69, 9.17) is 14.2 Å². The zero-order valence-electron chi connectivity index (χ0n) is 15.4. The predicted octanol–water partition coefficient (Wildman–Crippen LogP) is 5.43. The Morgan fingerprint density at radius 1 is 1.04 bits per heavy atom. The molecule has 1 aliphatic heterocycles. The van der Waals surface area contributed by atoms with Crippen molar-refractivity contribution in [3.05, 3.63) is 53.3 Å². The van der Waals surface area contributed by atoms with Gasteiger partial charge in [0.25, 0.3) is 0 Å². The molecule has 0 bridgehead atoms. The second kappa shape index (κ2) is 8.76. The third kappa shape index (κ3) is 4.28. The highest BCUT2D eigenvalue weighted by Crippen LogP contribution is 2.34. The molecule has 1 aliphatic rings. The Morgan fingerprint density at radius 2 is 1.81 bits per heavy atom. The maximum Gasteiger partial charge on any atom is 0.201 e. The van der Waals surface area contributed by atoms with E-state index in [1.807, 2.05) is 6.92 Å². The SMILES string of the molecule is CCCOC1CCC(c2ccc(-c3ccc(OC)c(F)c3F)c(F)c2)CO1. The minimum absolute atomic E-state index is 0.0127. The molecule has 1 fully saturated rings. The van der Waals surface area contributed by atoms with Crippen LogP contribution in [0.4, 0.5) is 13.2 Å². The largest absolute Gasteiger partial charge is 0.494 e. The van der Waals surface area contributed by atoms with Crippen LogP contribution in [0.25, 0.3) is 11.1 Å². The highest BCUT2D eigenvalue weighted by molar-refractivity contribution is 5.66. The molecule has 146 valence electrons. The zero-order valence-corrected chi connectivity index (χ0v) is 15.4. The minimum Gasteiger partial charge on any atom is -0.494 e. The Hall–Kier alpha value is -2.05. The number of ether oxygens (including phenoxy) is 3. The summed E-state index contributed by atoms with van der Waals surface area (Å²) in [4.78, 5) is 0. The maximum atomic E-state index is 14.6. The fourth-order valence-corrected chi connectivity index (χ4v) is 3.27. The summed E-state index contributed by atoms with van der Waals surface area (Å²) in [6.45, 7) is 3.13. The Morgan fingerprint density at radius 3 is 2.44 bits per heavy atom. The molecule has 2 aromatic rings. The summed E-state index contributed by atoms with van der Waals surface area (Å²) in [6.07, 6.45) is 2.28. The van der Waals surface area contributed by atoms with Crippen LogP contribution < -0.4 is 4.74 Å². The minimum atomic E-state index is -1.13. The number of hydrogen-bond acceptors (Lipinski definition) is 3. The number of rotatable bonds is 6. The first-order valence-corrected chi connectivity index (χ1v) is 9.10. The van der Waals surface area contributed by atoms with Gasteiger partial charge in [-0.1, -0.05) is 19.1 Å². The predicted molar refractivity (Wildman–Crippen MR) is 96.3 cm³/mol. The van der Waals surface area contributed by atoms with E-state index >= 15 is 0 Å². The van der Waals surface area contributed by atoms with E-state index in [0.717, 1.165) is 24.8 Å². The van der Waals surface area contributed by atoms with Crippen molar-refractivity contribution >= 4 is 0 Å². The van der Waals surface area contributed by atoms with Gasteiger partial charge in [-0.15, -0.1) is 0 Å². The quantitative estimate of drug-likeness (QED) is 0.669. The van der Waals surface area contributed by atoms with Crippen LogP contribution in [0.2, 0.25) is 0 Å². The van der Waals surface area contributed by atoms with Crippen LogP contribution in [-0.2, 0) is 9.47 Å². The van der Waals surface area contributed by atoms with Crippen molar-refractivity contribution in [3.63, 3.8) is 0 Å². The van der Waals surface area contributed by atoms with Gasteiger partial charge in [-0.05, 0) is 43.0 Å². The first-order valence-electron chi connectivity index (χ1n) is 9.10. The van der Waals surface area contributed by atoms with Crippen LogP contribution in [0.1, 0.15) is 37.7 Å². The van der Waals surface area contributed by atoms with E-state index in [1.54, 1.807) is 6.07 Å². The first kappa shape index (κ1) is 19.7. The van der Waals surface area contributed by atoms with Crippen LogP contribution in [0.15, 0.2) is 30.3 Å². The molecule has 2 aromatic carbocycles. The van der Waals surface area contributed by atoms with Crippen LogP contribution >= 0.6 is 0 Å². The van der Waals surface area contributed by atoms with Gasteiger partial charge in [-0.25, -0.2) is 8.78 Å². The molecule has 0 amide bonds. The number of halogens is 3. The highest BCUT2D eigenvalue weighted by Gasteiger charge is 2.25. The zero-order chi connectivity index (χ0) is 19.4. The van der Waals surface area contributed by atoms with E-state index in [-0.39, 0.29) is 29.1 Å². The monoisotopic (exact) mass is 380 g/mol. The molecule has 0 N–H and O–H groups in total. The Labute approximate surface area is 157 Å². The highest BCUT2D eigenvalue weighted by atomic mass is 19.2. The molecule has 0 spiro atoms. The van der Waals surface area contributed by atoms with Crippen LogP contribution in [0.5, 0.6) is 5.75 Å². The lowest BCUT2D eigenvalue weighted by Crippen LogP contribution is -2.27. The maximum absolute atomic E-state index is 14.6. The van der Waals surface area contributed by atoms with E-state index in [9.17, 15) is 13.2 Å². The van der Waals surface area contributed by atoms with Crippen molar-refractivity contribution in [2.45, 2.75) is 38.4 Å². The average Bonchev–Trinajstić information content (AvgIpc) is 2.69. The Bertz CT molecular complexity index is 786. The second-order valence-electron chi connectivity index (χ2n) is 6.59. The smallest absolute Gasteiger partial charge is 0.201 e. The van der Waals surface area contributed by atoms with Crippen LogP contribution in [-0.4, -0.2) is 26.6 Å². The molecule has 1 saturated heterocycles. The lowest BCUT2D eigenvalue weighted by atomic mass is 9.91. The molecular formula is C21H23F3O3. The molecule has 27 heavy (non-hydrogen) atoms. The van der Waals surface area contributed by atoms with Gasteiger partial charge in [-0.3, -0.25) is 0 Å². The summed E-state index contributed by atoms with van der Waals surface area (Å²) in [6, 6.07) is 7.19. The van der Waals surface area contributed by atoms with Crippen molar-refractivity contribution in [1.82, 2.24) is 0 Å². The van der Waals surface area contributed by atoms with Crippen molar-refractivity contribution in [1.29, 1.82) is 0 Å². The topological polar surface area (TPSA) is 27.7 Å². The number of hydrogen-bond donors (Lipinski definition) is 0. The van der Waals surface area contributed by atoms with Gasteiger partial charge in [0.2, 0.25) is 5.82 Å². The van der Waals surface area contributed by atoms with Crippen LogP contribution in [0.3, 0.4) is 0 Å².